The summed E-state index contributed by atoms with van der Waals surface area (Å²) in [6.07, 6.45) is 4.28. The average Bonchev–Trinajstić information content (AvgIpc) is 2.71. The second kappa shape index (κ2) is 9.82. The molecule has 1 aromatic rings. The summed E-state index contributed by atoms with van der Waals surface area (Å²) in [6, 6.07) is 5.33. The lowest BCUT2D eigenvalue weighted by molar-refractivity contribution is -0.384. The number of esters is 1. The molecular formula is C19H25N3O6. The summed E-state index contributed by atoms with van der Waals surface area (Å²) in [5, 5.41) is 13.1. The fourth-order valence-corrected chi connectivity index (χ4v) is 3.24. The van der Waals surface area contributed by atoms with E-state index in [1.54, 1.807) is 11.9 Å². The maximum atomic E-state index is 12.4. The number of likely N-dealkylation sites (N-methyl/N-ethyl adjacent to an activating group) is 1. The molecule has 0 radical (unpaired) electrons. The van der Waals surface area contributed by atoms with Crippen molar-refractivity contribution in [2.24, 2.45) is 0 Å². The molecule has 1 fully saturated rings. The lowest BCUT2D eigenvalue weighted by atomic mass is 9.94. The smallest absolute Gasteiger partial charge is 0.326 e. The second-order valence-electron chi connectivity index (χ2n) is 6.86. The molecule has 9 heteroatoms. The van der Waals surface area contributed by atoms with E-state index in [0.717, 1.165) is 31.7 Å². The zero-order valence-electron chi connectivity index (χ0n) is 16.1. The summed E-state index contributed by atoms with van der Waals surface area (Å²) in [5.41, 5.74) is -0.164. The SMILES string of the molecule is C[C@@H](OC(=O)CNC(=O)c1cccc([N+](=O)[O-])c1)C(=O)N(C)C1CCCCC1. The third-order valence-electron chi connectivity index (χ3n) is 4.84. The number of nitro groups is 1. The number of benzene rings is 1. The van der Waals surface area contributed by atoms with Crippen LogP contribution < -0.4 is 5.32 Å². The molecule has 0 spiro atoms. The number of nitrogens with one attached hydrogen (secondary N) is 1. The Morgan fingerprint density at radius 1 is 1.29 bits per heavy atom. The van der Waals surface area contributed by atoms with Crippen molar-refractivity contribution in [3.63, 3.8) is 0 Å². The summed E-state index contributed by atoms with van der Waals surface area (Å²) < 4.78 is 5.12. The number of hydrogen-bond donors (Lipinski definition) is 1. The Morgan fingerprint density at radius 3 is 2.61 bits per heavy atom. The molecular weight excluding hydrogens is 366 g/mol. The van der Waals surface area contributed by atoms with Gasteiger partial charge in [-0.05, 0) is 25.8 Å². The van der Waals surface area contributed by atoms with Crippen LogP contribution in [0.3, 0.4) is 0 Å². The highest BCUT2D eigenvalue weighted by Crippen LogP contribution is 2.22. The van der Waals surface area contributed by atoms with Crippen LogP contribution in [0.1, 0.15) is 49.4 Å². The Balaban J connectivity index is 1.82. The highest BCUT2D eigenvalue weighted by molar-refractivity contribution is 5.96. The van der Waals surface area contributed by atoms with E-state index in [1.165, 1.54) is 31.5 Å². The van der Waals surface area contributed by atoms with Crippen molar-refractivity contribution in [3.8, 4) is 0 Å². The minimum atomic E-state index is -0.950. The fourth-order valence-electron chi connectivity index (χ4n) is 3.24. The van der Waals surface area contributed by atoms with Gasteiger partial charge in [-0.3, -0.25) is 24.5 Å². The Labute approximate surface area is 163 Å². The predicted octanol–water partition coefficient (Wildman–Crippen LogP) is 2.05. The van der Waals surface area contributed by atoms with E-state index in [9.17, 15) is 24.5 Å². The van der Waals surface area contributed by atoms with Crippen LogP contribution in [0.15, 0.2) is 24.3 Å². The molecule has 9 nitrogen and oxygen atoms in total. The number of ether oxygens (including phenoxy) is 1. The molecule has 1 aromatic carbocycles. The van der Waals surface area contributed by atoms with E-state index in [4.69, 9.17) is 4.74 Å². The third kappa shape index (κ3) is 5.77. The van der Waals surface area contributed by atoms with Gasteiger partial charge in [0.15, 0.2) is 6.10 Å². The molecule has 0 heterocycles. The Bertz CT molecular complexity index is 745. The van der Waals surface area contributed by atoms with Gasteiger partial charge in [0.2, 0.25) is 0 Å². The Morgan fingerprint density at radius 2 is 1.96 bits per heavy atom. The number of amides is 2. The van der Waals surface area contributed by atoms with Crippen LogP contribution in [0.4, 0.5) is 5.69 Å². The summed E-state index contributed by atoms with van der Waals surface area (Å²) in [7, 11) is 1.72. The topological polar surface area (TPSA) is 119 Å². The molecule has 0 aromatic heterocycles. The molecule has 1 aliphatic rings. The first-order valence-electron chi connectivity index (χ1n) is 9.28. The van der Waals surface area contributed by atoms with Crippen LogP contribution in [0.2, 0.25) is 0 Å². The normalized spacial score (nSPS) is 15.4. The van der Waals surface area contributed by atoms with Gasteiger partial charge in [-0.1, -0.05) is 25.3 Å². The molecule has 152 valence electrons. The first kappa shape index (κ1) is 21.3. The van der Waals surface area contributed by atoms with E-state index in [0.29, 0.717) is 0 Å². The largest absolute Gasteiger partial charge is 0.451 e. The summed E-state index contributed by atoms with van der Waals surface area (Å²) in [6.45, 7) is 1.06. The monoisotopic (exact) mass is 391 g/mol. The van der Waals surface area contributed by atoms with Crippen molar-refractivity contribution >= 4 is 23.5 Å². The highest BCUT2D eigenvalue weighted by Gasteiger charge is 2.27. The zero-order chi connectivity index (χ0) is 20.7. The fraction of sp³-hybridized carbons (Fsp3) is 0.526. The van der Waals surface area contributed by atoms with Crippen molar-refractivity contribution in [1.29, 1.82) is 0 Å². The second-order valence-corrected chi connectivity index (χ2v) is 6.86. The number of non-ortho nitro benzene ring substituents is 1. The highest BCUT2D eigenvalue weighted by atomic mass is 16.6. The number of carbonyl (C=O) groups is 3. The first-order valence-corrected chi connectivity index (χ1v) is 9.28. The molecule has 1 aliphatic carbocycles. The molecule has 1 N–H and O–H groups in total. The van der Waals surface area contributed by atoms with Gasteiger partial charge in [-0.25, -0.2) is 0 Å². The van der Waals surface area contributed by atoms with Gasteiger partial charge in [-0.2, -0.15) is 0 Å². The summed E-state index contributed by atoms with van der Waals surface area (Å²) >= 11 is 0. The first-order chi connectivity index (χ1) is 13.3. The maximum absolute atomic E-state index is 12.4. The standard InChI is InChI=1S/C19H25N3O6/c1-13(19(25)21(2)15-8-4-3-5-9-15)28-17(23)12-20-18(24)14-7-6-10-16(11-14)22(26)27/h6-7,10-11,13,15H,3-5,8-9,12H2,1-2H3,(H,20,24)/t13-/m1/s1. The lowest BCUT2D eigenvalue weighted by Gasteiger charge is -2.32. The van der Waals surface area contributed by atoms with Crippen molar-refractivity contribution in [2.75, 3.05) is 13.6 Å². The molecule has 0 bridgehead atoms. The number of rotatable bonds is 7. The average molecular weight is 391 g/mol. The summed E-state index contributed by atoms with van der Waals surface area (Å²) in [4.78, 5) is 48.2. The van der Waals surface area contributed by atoms with Crippen LogP contribution in [0.25, 0.3) is 0 Å². The molecule has 2 rings (SSSR count). The molecule has 1 atom stereocenters. The van der Waals surface area contributed by atoms with E-state index < -0.39 is 29.4 Å². The van der Waals surface area contributed by atoms with Crippen LogP contribution in [-0.4, -0.2) is 53.3 Å². The van der Waals surface area contributed by atoms with Gasteiger partial charge in [-0.15, -0.1) is 0 Å². The van der Waals surface area contributed by atoms with E-state index in [1.807, 2.05) is 0 Å². The molecule has 2 amide bonds. The van der Waals surface area contributed by atoms with Crippen molar-refractivity contribution in [1.82, 2.24) is 10.2 Å². The van der Waals surface area contributed by atoms with Crippen LogP contribution in [0.5, 0.6) is 0 Å². The number of nitrogens with zero attached hydrogens (tertiary/aromatic N) is 2. The van der Waals surface area contributed by atoms with Crippen molar-refractivity contribution in [2.45, 2.75) is 51.2 Å². The summed E-state index contributed by atoms with van der Waals surface area (Å²) in [5.74, 6) is -1.67. The maximum Gasteiger partial charge on any atom is 0.326 e. The lowest BCUT2D eigenvalue weighted by Crippen LogP contribution is -2.45. The molecule has 0 saturated heterocycles. The molecule has 28 heavy (non-hydrogen) atoms. The van der Waals surface area contributed by atoms with Gasteiger partial charge in [0.25, 0.3) is 17.5 Å². The minimum absolute atomic E-state index is 0.0585. The van der Waals surface area contributed by atoms with Gasteiger partial charge < -0.3 is 15.0 Å². The third-order valence-corrected chi connectivity index (χ3v) is 4.84. The van der Waals surface area contributed by atoms with Gasteiger partial charge >= 0.3 is 5.97 Å². The zero-order valence-corrected chi connectivity index (χ0v) is 16.1. The van der Waals surface area contributed by atoms with Crippen LogP contribution in [0, 0.1) is 10.1 Å². The molecule has 0 aliphatic heterocycles. The quantitative estimate of drug-likeness (QED) is 0.432. The van der Waals surface area contributed by atoms with E-state index in [-0.39, 0.29) is 23.2 Å². The Hall–Kier alpha value is -2.97. The van der Waals surface area contributed by atoms with Crippen molar-refractivity contribution in [3.05, 3.63) is 39.9 Å². The van der Waals surface area contributed by atoms with Gasteiger partial charge in [0.1, 0.15) is 6.54 Å². The van der Waals surface area contributed by atoms with E-state index in [2.05, 4.69) is 5.32 Å². The van der Waals surface area contributed by atoms with Gasteiger partial charge in [0.05, 0.1) is 4.92 Å². The Kier molecular flexibility index (Phi) is 7.48. The van der Waals surface area contributed by atoms with Crippen molar-refractivity contribution < 1.29 is 24.0 Å². The minimum Gasteiger partial charge on any atom is -0.451 e. The van der Waals surface area contributed by atoms with E-state index >= 15 is 0 Å². The number of hydrogen-bond acceptors (Lipinski definition) is 6. The predicted molar refractivity (Wildman–Crippen MR) is 101 cm³/mol. The van der Waals surface area contributed by atoms with Crippen LogP contribution in [-0.2, 0) is 14.3 Å². The van der Waals surface area contributed by atoms with Crippen LogP contribution >= 0.6 is 0 Å². The number of nitro benzene ring substituents is 1. The van der Waals surface area contributed by atoms with Gasteiger partial charge in [0, 0.05) is 30.8 Å². The number of carbonyl (C=O) groups excluding carboxylic acids is 3. The molecule has 1 saturated carbocycles. The molecule has 0 unspecified atom stereocenters.